The minimum atomic E-state index is -1.50. The summed E-state index contributed by atoms with van der Waals surface area (Å²) >= 11 is 0. The van der Waals surface area contributed by atoms with E-state index in [0.717, 1.165) is 11.8 Å². The van der Waals surface area contributed by atoms with Crippen LogP contribution in [0.3, 0.4) is 0 Å². The van der Waals surface area contributed by atoms with Gasteiger partial charge in [0.2, 0.25) is 12.2 Å². The molecule has 0 fully saturated rings. The molecule has 0 saturated heterocycles. The number of fused-ring (bicyclic) bond motifs is 2. The molecule has 168 valence electrons. The molecule has 0 saturated carbocycles. The highest BCUT2D eigenvalue weighted by atomic mass is 16.7. The maximum Gasteiger partial charge on any atom is 0.341 e. The molecule has 0 aliphatic carbocycles. The van der Waals surface area contributed by atoms with E-state index in [4.69, 9.17) is 9.47 Å². The van der Waals surface area contributed by atoms with Crippen molar-refractivity contribution in [2.45, 2.75) is 13.1 Å². The summed E-state index contributed by atoms with van der Waals surface area (Å²) in [6.45, 7) is 0.524. The van der Waals surface area contributed by atoms with Gasteiger partial charge in [-0.3, -0.25) is 24.3 Å². The predicted molar refractivity (Wildman–Crippen MR) is 113 cm³/mol. The van der Waals surface area contributed by atoms with Gasteiger partial charge < -0.3 is 24.6 Å². The molecule has 1 aromatic carbocycles. The van der Waals surface area contributed by atoms with Gasteiger partial charge in [0, 0.05) is 18.9 Å². The van der Waals surface area contributed by atoms with E-state index in [0.29, 0.717) is 17.2 Å². The largest absolute Gasteiger partial charge is 0.502 e. The summed E-state index contributed by atoms with van der Waals surface area (Å²) < 4.78 is 11.9. The number of carboxylic acid groups (broad SMARTS) is 1. The average molecular weight is 450 g/mol. The van der Waals surface area contributed by atoms with E-state index >= 15 is 0 Å². The molecule has 5 rings (SSSR count). The van der Waals surface area contributed by atoms with Crippen LogP contribution in [0.5, 0.6) is 17.2 Å². The van der Waals surface area contributed by atoms with Crippen molar-refractivity contribution in [3.8, 4) is 17.2 Å². The second kappa shape index (κ2) is 7.86. The van der Waals surface area contributed by atoms with Gasteiger partial charge in [-0.05, 0) is 29.8 Å². The Kier molecular flexibility index (Phi) is 4.85. The summed E-state index contributed by atoms with van der Waals surface area (Å²) in [5.41, 5.74) is -0.671. The fraction of sp³-hybridized carbons (Fsp3) is 0.182. The number of ether oxygens (including phenoxy) is 2. The Balaban J connectivity index is 1.56. The number of aromatic carboxylic acids is 1. The number of nitrogens with zero attached hydrogens (tertiary/aromatic N) is 4. The maximum absolute atomic E-state index is 13.3. The number of carboxylic acids is 1. The summed E-state index contributed by atoms with van der Waals surface area (Å²) in [6, 6.07) is 10.6. The highest BCUT2D eigenvalue weighted by molar-refractivity contribution is 5.97. The van der Waals surface area contributed by atoms with Gasteiger partial charge in [0.05, 0.1) is 12.2 Å². The predicted octanol–water partition coefficient (Wildman–Crippen LogP) is 1.13. The molecular formula is C22H18N4O7. The van der Waals surface area contributed by atoms with Crippen molar-refractivity contribution in [2.24, 2.45) is 0 Å². The lowest BCUT2D eigenvalue weighted by molar-refractivity contribution is 0.0654. The summed E-state index contributed by atoms with van der Waals surface area (Å²) in [6.07, 6.45) is 2.67. The average Bonchev–Trinajstić information content (AvgIpc) is 3.27. The minimum absolute atomic E-state index is 0.0538. The van der Waals surface area contributed by atoms with Crippen molar-refractivity contribution in [3.05, 3.63) is 81.5 Å². The van der Waals surface area contributed by atoms with Crippen molar-refractivity contribution in [3.63, 3.8) is 0 Å². The number of benzene rings is 1. The van der Waals surface area contributed by atoms with E-state index in [1.54, 1.807) is 47.6 Å². The first kappa shape index (κ1) is 20.4. The number of aromatic hydroxyl groups is 1. The Bertz CT molecular complexity index is 1320. The third-order valence-corrected chi connectivity index (χ3v) is 5.40. The molecule has 0 bridgehead atoms. The fourth-order valence-corrected chi connectivity index (χ4v) is 3.83. The van der Waals surface area contributed by atoms with E-state index in [1.165, 1.54) is 9.58 Å². The Morgan fingerprint density at radius 3 is 2.67 bits per heavy atom. The van der Waals surface area contributed by atoms with Gasteiger partial charge in [-0.2, -0.15) is 0 Å². The molecule has 33 heavy (non-hydrogen) atoms. The van der Waals surface area contributed by atoms with Gasteiger partial charge in [-0.1, -0.05) is 12.1 Å². The fourth-order valence-electron chi connectivity index (χ4n) is 3.83. The van der Waals surface area contributed by atoms with E-state index in [1.807, 2.05) is 0 Å². The molecule has 2 aliphatic rings. The number of aromatic nitrogens is 2. The second-order valence-corrected chi connectivity index (χ2v) is 7.54. The summed E-state index contributed by atoms with van der Waals surface area (Å²) in [5.74, 6) is -1.86. The van der Waals surface area contributed by atoms with E-state index in [2.05, 4.69) is 4.98 Å². The van der Waals surface area contributed by atoms with Crippen LogP contribution >= 0.6 is 0 Å². The van der Waals surface area contributed by atoms with Crippen LogP contribution in [-0.2, 0) is 13.1 Å². The van der Waals surface area contributed by atoms with E-state index < -0.39 is 28.6 Å². The maximum atomic E-state index is 13.3. The molecule has 0 unspecified atom stereocenters. The van der Waals surface area contributed by atoms with Crippen LogP contribution in [0.15, 0.2) is 53.6 Å². The van der Waals surface area contributed by atoms with Crippen LogP contribution in [0.25, 0.3) is 0 Å². The summed E-state index contributed by atoms with van der Waals surface area (Å²) in [5, 5.41) is 21.5. The third-order valence-electron chi connectivity index (χ3n) is 5.40. The van der Waals surface area contributed by atoms with Crippen molar-refractivity contribution >= 4 is 11.9 Å². The molecule has 11 heteroatoms. The minimum Gasteiger partial charge on any atom is -0.502 e. The zero-order valence-corrected chi connectivity index (χ0v) is 17.2. The zero-order chi connectivity index (χ0) is 23.1. The van der Waals surface area contributed by atoms with Gasteiger partial charge in [0.1, 0.15) is 12.2 Å². The molecule has 0 radical (unpaired) electrons. The Labute approximate surface area is 186 Å². The normalized spacial score (nSPS) is 14.4. The number of rotatable bonds is 5. The van der Waals surface area contributed by atoms with Crippen molar-refractivity contribution < 1.29 is 29.3 Å². The summed E-state index contributed by atoms with van der Waals surface area (Å²) in [7, 11) is 0. The van der Waals surface area contributed by atoms with Crippen LogP contribution < -0.4 is 19.9 Å². The van der Waals surface area contributed by atoms with E-state index in [9.17, 15) is 24.6 Å². The first-order valence-corrected chi connectivity index (χ1v) is 9.97. The molecule has 2 aromatic heterocycles. The lowest BCUT2D eigenvalue weighted by Crippen LogP contribution is -2.53. The van der Waals surface area contributed by atoms with Gasteiger partial charge in [0.25, 0.3) is 5.91 Å². The first-order chi connectivity index (χ1) is 15.9. The molecule has 0 spiro atoms. The molecule has 3 aromatic rings. The number of carbonyl (C=O) groups is 2. The van der Waals surface area contributed by atoms with Gasteiger partial charge in [0.15, 0.2) is 22.9 Å². The molecule has 2 aliphatic heterocycles. The quantitative estimate of drug-likeness (QED) is 0.586. The molecule has 2 N–H and O–H groups in total. The van der Waals surface area contributed by atoms with Gasteiger partial charge in [-0.25, -0.2) is 4.79 Å². The highest BCUT2D eigenvalue weighted by Crippen LogP contribution is 2.33. The topological polar surface area (TPSA) is 134 Å². The Hall–Kier alpha value is -4.54. The Morgan fingerprint density at radius 1 is 1.09 bits per heavy atom. The van der Waals surface area contributed by atoms with Crippen LogP contribution in [-0.4, -0.2) is 50.1 Å². The molecule has 4 heterocycles. The number of hydrogen-bond donors (Lipinski definition) is 2. The van der Waals surface area contributed by atoms with Crippen LogP contribution in [0.1, 0.15) is 32.1 Å². The zero-order valence-electron chi connectivity index (χ0n) is 17.2. The number of hydrogen-bond acceptors (Lipinski definition) is 8. The lowest BCUT2D eigenvalue weighted by atomic mass is 10.1. The molecule has 0 atom stereocenters. The Morgan fingerprint density at radius 2 is 1.91 bits per heavy atom. The van der Waals surface area contributed by atoms with Crippen molar-refractivity contribution in [2.75, 3.05) is 18.5 Å². The molecule has 1 amide bonds. The summed E-state index contributed by atoms with van der Waals surface area (Å²) in [4.78, 5) is 42.9. The number of pyridine rings is 2. The smallest absolute Gasteiger partial charge is 0.341 e. The first-order valence-electron chi connectivity index (χ1n) is 9.97. The third kappa shape index (κ3) is 3.59. The monoisotopic (exact) mass is 450 g/mol. The van der Waals surface area contributed by atoms with E-state index in [-0.39, 0.29) is 32.2 Å². The SMILES string of the molecule is O=C(O)c1cn2c(c(O)c1=O)C(=O)N(Cc1ccc3c(c1)OCO3)CN2Cc1ccccn1. The van der Waals surface area contributed by atoms with Gasteiger partial charge >= 0.3 is 5.97 Å². The number of amides is 1. The highest BCUT2D eigenvalue weighted by Gasteiger charge is 2.34. The second-order valence-electron chi connectivity index (χ2n) is 7.54. The van der Waals surface area contributed by atoms with Crippen molar-refractivity contribution in [1.29, 1.82) is 0 Å². The molecule has 11 nitrogen and oxygen atoms in total. The molecular weight excluding hydrogens is 432 g/mol. The van der Waals surface area contributed by atoms with Gasteiger partial charge in [-0.15, -0.1) is 0 Å². The van der Waals surface area contributed by atoms with Crippen LogP contribution in [0.4, 0.5) is 0 Å². The standard InChI is InChI=1S/C22H18N4O7/c27-19-15(22(30)31)10-26-18(20(19)28)21(29)24(11-25(26)9-14-3-1-2-6-23-14)8-13-4-5-16-17(7-13)33-12-32-16/h1-7,10,28H,8-9,11-12H2,(H,30,31). The lowest BCUT2D eigenvalue weighted by Gasteiger charge is -2.39. The number of carbonyl (C=O) groups excluding carboxylic acids is 1. The van der Waals surface area contributed by atoms with Crippen molar-refractivity contribution in [1.82, 2.24) is 14.6 Å². The van der Waals surface area contributed by atoms with Crippen LogP contribution in [0.2, 0.25) is 0 Å². The van der Waals surface area contributed by atoms with Crippen LogP contribution in [0, 0.1) is 0 Å².